The van der Waals surface area contributed by atoms with E-state index in [0.717, 1.165) is 11.6 Å². The molecule has 2 heterocycles. The van der Waals surface area contributed by atoms with Crippen LogP contribution in [0.3, 0.4) is 0 Å². The van der Waals surface area contributed by atoms with Gasteiger partial charge in [-0.2, -0.15) is 0 Å². The third-order valence-electron chi connectivity index (χ3n) is 3.59. The highest BCUT2D eigenvalue weighted by Gasteiger charge is 2.15. The van der Waals surface area contributed by atoms with Gasteiger partial charge in [0.2, 0.25) is 0 Å². The first-order valence-electron chi connectivity index (χ1n) is 7.09. The van der Waals surface area contributed by atoms with Crippen molar-refractivity contribution in [3.63, 3.8) is 0 Å². The molecule has 0 bridgehead atoms. The predicted molar refractivity (Wildman–Crippen MR) is 86.1 cm³/mol. The number of hydrogen-bond donors (Lipinski definition) is 0. The Morgan fingerprint density at radius 1 is 1.29 bits per heavy atom. The fourth-order valence-corrected chi connectivity index (χ4v) is 2.51. The smallest absolute Gasteiger partial charge is 0.270 e. The van der Waals surface area contributed by atoms with Gasteiger partial charge in [0.05, 0.1) is 22.3 Å². The second kappa shape index (κ2) is 5.96. The topological polar surface area (TPSA) is 101 Å². The van der Waals surface area contributed by atoms with E-state index < -0.39 is 10.9 Å². The number of non-ortho nitro benzene ring substituents is 1. The summed E-state index contributed by atoms with van der Waals surface area (Å²) in [6, 6.07) is 9.76. The lowest BCUT2D eigenvalue weighted by atomic mass is 10.1. The molecule has 0 saturated heterocycles. The summed E-state index contributed by atoms with van der Waals surface area (Å²) in [4.78, 5) is 25.8. The maximum atomic E-state index is 11.0. The molecule has 1 aromatic carbocycles. The average molecular weight is 322 g/mol. The number of carbonyl (C=O) groups is 1. The first kappa shape index (κ1) is 15.4. The van der Waals surface area contributed by atoms with Gasteiger partial charge < -0.3 is 9.90 Å². The van der Waals surface area contributed by atoms with Crippen LogP contribution >= 0.6 is 0 Å². The summed E-state index contributed by atoms with van der Waals surface area (Å²) in [7, 11) is 0. The van der Waals surface area contributed by atoms with Crippen molar-refractivity contribution < 1.29 is 14.8 Å². The number of rotatable bonds is 4. The quantitative estimate of drug-likeness (QED) is 0.415. The number of aryl methyl sites for hydroxylation is 1. The lowest BCUT2D eigenvalue weighted by Gasteiger charge is -2.02. The van der Waals surface area contributed by atoms with E-state index in [1.54, 1.807) is 22.7 Å². The van der Waals surface area contributed by atoms with E-state index in [4.69, 9.17) is 0 Å². The number of imidazole rings is 1. The lowest BCUT2D eigenvalue weighted by molar-refractivity contribution is -0.384. The maximum absolute atomic E-state index is 11.0. The SMILES string of the molecule is Cc1cccn2c(/C=C/C(=O)[O-])c(-c3cccc([N+](=O)[O-])c3)nc12. The van der Waals surface area contributed by atoms with Crippen LogP contribution in [-0.2, 0) is 4.79 Å². The van der Waals surface area contributed by atoms with Crippen molar-refractivity contribution in [3.8, 4) is 11.3 Å². The number of fused-ring (bicyclic) bond motifs is 1. The van der Waals surface area contributed by atoms with Crippen LogP contribution in [0.1, 0.15) is 11.3 Å². The van der Waals surface area contributed by atoms with Crippen molar-refractivity contribution in [1.82, 2.24) is 9.38 Å². The average Bonchev–Trinajstić information content (AvgIpc) is 2.93. The van der Waals surface area contributed by atoms with Crippen molar-refractivity contribution in [2.45, 2.75) is 6.92 Å². The number of aromatic nitrogens is 2. The van der Waals surface area contributed by atoms with Crippen LogP contribution in [0.15, 0.2) is 48.7 Å². The normalized spacial score (nSPS) is 11.2. The summed E-state index contributed by atoms with van der Waals surface area (Å²) < 4.78 is 1.74. The standard InChI is InChI=1S/C17H13N3O4/c1-11-4-3-9-19-14(7-8-15(21)22)16(18-17(11)19)12-5-2-6-13(10-12)20(23)24/h2-10H,1H3,(H,21,22)/p-1/b8-7+. The Morgan fingerprint density at radius 2 is 2.08 bits per heavy atom. The molecule has 0 atom stereocenters. The van der Waals surface area contributed by atoms with Crippen molar-refractivity contribution in [2.24, 2.45) is 0 Å². The first-order chi connectivity index (χ1) is 11.5. The van der Waals surface area contributed by atoms with Gasteiger partial charge >= 0.3 is 0 Å². The molecule has 2 aromatic heterocycles. The van der Waals surface area contributed by atoms with Gasteiger partial charge in [0, 0.05) is 23.9 Å². The maximum Gasteiger partial charge on any atom is 0.270 e. The minimum atomic E-state index is -1.33. The molecule has 0 N–H and O–H groups in total. The number of pyridine rings is 1. The zero-order chi connectivity index (χ0) is 17.3. The lowest BCUT2D eigenvalue weighted by Crippen LogP contribution is -2.18. The Hall–Kier alpha value is -3.48. The minimum Gasteiger partial charge on any atom is -0.545 e. The molecule has 3 rings (SSSR count). The van der Waals surface area contributed by atoms with E-state index in [1.165, 1.54) is 18.2 Å². The van der Waals surface area contributed by atoms with Gasteiger partial charge in [0.1, 0.15) is 5.65 Å². The fourth-order valence-electron chi connectivity index (χ4n) is 2.51. The van der Waals surface area contributed by atoms with E-state index in [-0.39, 0.29) is 5.69 Å². The van der Waals surface area contributed by atoms with E-state index in [2.05, 4.69) is 4.98 Å². The largest absolute Gasteiger partial charge is 0.545 e. The molecule has 0 aliphatic carbocycles. The zero-order valence-electron chi connectivity index (χ0n) is 12.7. The number of carboxylic acids is 1. The van der Waals surface area contributed by atoms with Gasteiger partial charge in [-0.05, 0) is 30.7 Å². The van der Waals surface area contributed by atoms with Crippen LogP contribution in [0.2, 0.25) is 0 Å². The van der Waals surface area contributed by atoms with E-state index in [9.17, 15) is 20.0 Å². The molecule has 0 radical (unpaired) electrons. The summed E-state index contributed by atoms with van der Waals surface area (Å²) in [5, 5.41) is 21.8. The van der Waals surface area contributed by atoms with Gasteiger partial charge in [-0.15, -0.1) is 0 Å². The Bertz CT molecular complexity index is 989. The second-order valence-electron chi connectivity index (χ2n) is 5.19. The third kappa shape index (κ3) is 2.74. The van der Waals surface area contributed by atoms with Crippen LogP contribution in [0.4, 0.5) is 5.69 Å². The van der Waals surface area contributed by atoms with E-state index in [0.29, 0.717) is 22.6 Å². The molecule has 0 amide bonds. The summed E-state index contributed by atoms with van der Waals surface area (Å²) >= 11 is 0. The van der Waals surface area contributed by atoms with Gasteiger partial charge in [-0.25, -0.2) is 4.98 Å². The molecule has 7 nitrogen and oxygen atoms in total. The molecule has 24 heavy (non-hydrogen) atoms. The number of nitro benzene ring substituents is 1. The molecule has 0 aliphatic heterocycles. The van der Waals surface area contributed by atoms with E-state index in [1.807, 2.05) is 19.1 Å². The monoisotopic (exact) mass is 322 g/mol. The first-order valence-corrected chi connectivity index (χ1v) is 7.09. The zero-order valence-corrected chi connectivity index (χ0v) is 12.7. The van der Waals surface area contributed by atoms with Crippen molar-refractivity contribution in [3.05, 3.63) is 70.0 Å². The fraction of sp³-hybridized carbons (Fsp3) is 0.0588. The molecule has 0 aliphatic rings. The van der Waals surface area contributed by atoms with Gasteiger partial charge in [-0.3, -0.25) is 14.5 Å². The summed E-state index contributed by atoms with van der Waals surface area (Å²) in [5.74, 6) is -1.33. The van der Waals surface area contributed by atoms with Crippen molar-refractivity contribution >= 4 is 23.4 Å². The number of aliphatic carboxylic acids is 1. The van der Waals surface area contributed by atoms with Crippen molar-refractivity contribution in [1.29, 1.82) is 0 Å². The Balaban J connectivity index is 2.28. The highest BCUT2D eigenvalue weighted by Crippen LogP contribution is 2.29. The highest BCUT2D eigenvalue weighted by molar-refractivity contribution is 5.86. The molecule has 0 spiro atoms. The number of nitrogens with zero attached hydrogens (tertiary/aromatic N) is 3. The second-order valence-corrected chi connectivity index (χ2v) is 5.19. The van der Waals surface area contributed by atoms with Crippen LogP contribution in [0.5, 0.6) is 0 Å². The van der Waals surface area contributed by atoms with Crippen LogP contribution in [0, 0.1) is 17.0 Å². The van der Waals surface area contributed by atoms with Gasteiger partial charge in [0.15, 0.2) is 0 Å². The Morgan fingerprint density at radius 3 is 2.79 bits per heavy atom. The van der Waals surface area contributed by atoms with E-state index >= 15 is 0 Å². The number of benzene rings is 1. The number of hydrogen-bond acceptors (Lipinski definition) is 5. The third-order valence-corrected chi connectivity index (χ3v) is 3.59. The summed E-state index contributed by atoms with van der Waals surface area (Å²) in [5.41, 5.74) is 3.00. The number of carboxylic acid groups (broad SMARTS) is 1. The molecule has 0 fully saturated rings. The number of carbonyl (C=O) groups excluding carboxylic acids is 1. The van der Waals surface area contributed by atoms with Gasteiger partial charge in [0.25, 0.3) is 5.69 Å². The molecule has 7 heteroatoms. The Kier molecular flexibility index (Phi) is 3.83. The molecule has 0 unspecified atom stereocenters. The molecule has 0 saturated carbocycles. The van der Waals surface area contributed by atoms with Gasteiger partial charge in [-0.1, -0.05) is 18.2 Å². The predicted octanol–water partition coefficient (Wildman–Crippen LogP) is 1.98. The van der Waals surface area contributed by atoms with Crippen molar-refractivity contribution in [2.75, 3.05) is 0 Å². The van der Waals surface area contributed by atoms with Crippen LogP contribution in [0.25, 0.3) is 23.0 Å². The number of nitro groups is 1. The summed E-state index contributed by atoms with van der Waals surface area (Å²) in [6.07, 6.45) is 4.04. The van der Waals surface area contributed by atoms with Crippen LogP contribution in [-0.4, -0.2) is 20.3 Å². The Labute approximate surface area is 136 Å². The summed E-state index contributed by atoms with van der Waals surface area (Å²) in [6.45, 7) is 1.88. The minimum absolute atomic E-state index is 0.0592. The molecular weight excluding hydrogens is 310 g/mol. The molecule has 120 valence electrons. The highest BCUT2D eigenvalue weighted by atomic mass is 16.6. The van der Waals surface area contributed by atoms with Crippen LogP contribution < -0.4 is 5.11 Å². The molecule has 3 aromatic rings. The molecular formula is C17H12N3O4-.